The Kier molecular flexibility index (Phi) is 5.80. The lowest BCUT2D eigenvalue weighted by Crippen LogP contribution is -2.41. The Hall–Kier alpha value is -2.40. The summed E-state index contributed by atoms with van der Waals surface area (Å²) in [6, 6.07) is 14.6. The van der Waals surface area contributed by atoms with Gasteiger partial charge in [-0.15, -0.1) is 0 Å². The van der Waals surface area contributed by atoms with E-state index in [1.807, 2.05) is 12.1 Å². The van der Waals surface area contributed by atoms with Gasteiger partial charge >= 0.3 is 0 Å². The third kappa shape index (κ3) is 4.86. The molecular weight excluding hydrogens is 386 g/mol. The zero-order valence-corrected chi connectivity index (χ0v) is 16.0. The van der Waals surface area contributed by atoms with Gasteiger partial charge in [-0.2, -0.15) is 9.57 Å². The van der Waals surface area contributed by atoms with Gasteiger partial charge < -0.3 is 5.32 Å². The number of nitriles is 1. The molecule has 0 saturated heterocycles. The van der Waals surface area contributed by atoms with Crippen LogP contribution in [0.4, 0.5) is 0 Å². The van der Waals surface area contributed by atoms with Crippen molar-refractivity contribution in [1.29, 1.82) is 5.26 Å². The Morgan fingerprint density at radius 3 is 2.52 bits per heavy atom. The van der Waals surface area contributed by atoms with Crippen molar-refractivity contribution in [2.45, 2.75) is 30.3 Å². The average Bonchev–Trinajstić information content (AvgIpc) is 3.49. The molecule has 3 rings (SSSR count). The fourth-order valence-electron chi connectivity index (χ4n) is 2.65. The van der Waals surface area contributed by atoms with E-state index in [-0.39, 0.29) is 29.9 Å². The number of hydrogen-bond donors (Lipinski definition) is 1. The van der Waals surface area contributed by atoms with Crippen LogP contribution in [0.25, 0.3) is 0 Å². The fourth-order valence-corrected chi connectivity index (χ4v) is 4.51. The summed E-state index contributed by atoms with van der Waals surface area (Å²) in [5.74, 6) is -0.376. The Labute approximate surface area is 163 Å². The molecule has 1 aliphatic rings. The third-order valence-corrected chi connectivity index (χ3v) is 6.37. The summed E-state index contributed by atoms with van der Waals surface area (Å²) in [5.41, 5.74) is 1.22. The minimum Gasteiger partial charge on any atom is -0.351 e. The molecule has 1 amide bonds. The van der Waals surface area contributed by atoms with E-state index in [1.54, 1.807) is 18.2 Å². The van der Waals surface area contributed by atoms with Crippen molar-refractivity contribution in [2.75, 3.05) is 6.54 Å². The number of hydrogen-bond acceptors (Lipinski definition) is 4. The van der Waals surface area contributed by atoms with E-state index in [2.05, 4.69) is 5.32 Å². The molecule has 2 aromatic rings. The second kappa shape index (κ2) is 8.09. The molecule has 1 aliphatic carbocycles. The van der Waals surface area contributed by atoms with Gasteiger partial charge in [0.25, 0.3) is 0 Å². The molecular formula is C19H18ClN3O3S. The summed E-state index contributed by atoms with van der Waals surface area (Å²) in [5, 5.41) is 12.2. The maximum atomic E-state index is 12.9. The molecule has 0 aliphatic heterocycles. The molecule has 6 nitrogen and oxygen atoms in total. The van der Waals surface area contributed by atoms with Gasteiger partial charge in [-0.05, 0) is 54.8 Å². The lowest BCUT2D eigenvalue weighted by atomic mass is 10.2. The maximum absolute atomic E-state index is 12.9. The molecule has 0 spiro atoms. The van der Waals surface area contributed by atoms with Gasteiger partial charge in [0.05, 0.1) is 23.1 Å². The number of benzene rings is 2. The minimum atomic E-state index is -3.81. The van der Waals surface area contributed by atoms with Crippen LogP contribution >= 0.6 is 11.6 Å². The topological polar surface area (TPSA) is 90.3 Å². The van der Waals surface area contributed by atoms with Crippen LogP contribution in [0, 0.1) is 11.3 Å². The van der Waals surface area contributed by atoms with Crippen molar-refractivity contribution >= 4 is 27.5 Å². The smallest absolute Gasteiger partial charge is 0.243 e. The number of nitrogens with zero attached hydrogens (tertiary/aromatic N) is 2. The number of rotatable bonds is 7. The first-order valence-electron chi connectivity index (χ1n) is 8.43. The maximum Gasteiger partial charge on any atom is 0.243 e. The van der Waals surface area contributed by atoms with Gasteiger partial charge in [-0.1, -0.05) is 23.7 Å². The van der Waals surface area contributed by atoms with Crippen LogP contribution in [-0.4, -0.2) is 31.2 Å². The third-order valence-electron chi connectivity index (χ3n) is 4.22. The average molecular weight is 404 g/mol. The largest absolute Gasteiger partial charge is 0.351 e. The number of halogens is 1. The van der Waals surface area contributed by atoms with Crippen molar-refractivity contribution < 1.29 is 13.2 Å². The highest BCUT2D eigenvalue weighted by Crippen LogP contribution is 2.31. The van der Waals surface area contributed by atoms with Crippen LogP contribution in [0.15, 0.2) is 53.4 Å². The molecule has 0 heterocycles. The summed E-state index contributed by atoms with van der Waals surface area (Å²) >= 11 is 5.92. The van der Waals surface area contributed by atoms with E-state index in [1.165, 1.54) is 28.6 Å². The van der Waals surface area contributed by atoms with Crippen LogP contribution in [0.1, 0.15) is 24.0 Å². The molecule has 0 unspecified atom stereocenters. The lowest BCUT2D eigenvalue weighted by Gasteiger charge is -2.21. The summed E-state index contributed by atoms with van der Waals surface area (Å²) in [6.45, 7) is 0.0301. The number of carbonyl (C=O) groups excluding carboxylic acids is 1. The monoisotopic (exact) mass is 403 g/mol. The van der Waals surface area contributed by atoms with Gasteiger partial charge in [0.1, 0.15) is 0 Å². The van der Waals surface area contributed by atoms with E-state index in [4.69, 9.17) is 16.9 Å². The molecule has 140 valence electrons. The molecule has 2 aromatic carbocycles. The first-order valence-corrected chi connectivity index (χ1v) is 10.2. The van der Waals surface area contributed by atoms with Gasteiger partial charge in [-0.25, -0.2) is 8.42 Å². The summed E-state index contributed by atoms with van der Waals surface area (Å²) in [7, 11) is -3.81. The van der Waals surface area contributed by atoms with Crippen molar-refractivity contribution in [2.24, 2.45) is 0 Å². The number of amides is 1. The van der Waals surface area contributed by atoms with Gasteiger partial charge in [0.15, 0.2) is 0 Å². The van der Waals surface area contributed by atoms with Crippen molar-refractivity contribution in [1.82, 2.24) is 9.62 Å². The Morgan fingerprint density at radius 1 is 1.22 bits per heavy atom. The van der Waals surface area contributed by atoms with Crippen LogP contribution in [0.3, 0.4) is 0 Å². The second-order valence-corrected chi connectivity index (χ2v) is 8.65. The quantitative estimate of drug-likeness (QED) is 0.769. The predicted molar refractivity (Wildman–Crippen MR) is 101 cm³/mol. The van der Waals surface area contributed by atoms with Gasteiger partial charge in [0.2, 0.25) is 15.9 Å². The summed E-state index contributed by atoms with van der Waals surface area (Å²) in [6.07, 6.45) is 1.47. The molecule has 0 bridgehead atoms. The highest BCUT2D eigenvalue weighted by molar-refractivity contribution is 7.89. The van der Waals surface area contributed by atoms with E-state index in [0.29, 0.717) is 10.6 Å². The second-order valence-electron chi connectivity index (χ2n) is 6.32. The highest BCUT2D eigenvalue weighted by atomic mass is 35.5. The molecule has 8 heteroatoms. The van der Waals surface area contributed by atoms with Gasteiger partial charge in [0, 0.05) is 17.6 Å². The van der Waals surface area contributed by atoms with E-state index in [9.17, 15) is 13.2 Å². The first-order chi connectivity index (χ1) is 12.9. The molecule has 1 fully saturated rings. The SMILES string of the molecule is N#Cc1ccc(S(=O)(=O)N(CC(=O)NCc2cccc(Cl)c2)C2CC2)cc1. The molecule has 1 N–H and O–H groups in total. The molecule has 27 heavy (non-hydrogen) atoms. The number of carbonyl (C=O) groups is 1. The van der Waals surface area contributed by atoms with Gasteiger partial charge in [-0.3, -0.25) is 4.79 Å². The van der Waals surface area contributed by atoms with E-state index in [0.717, 1.165) is 18.4 Å². The van der Waals surface area contributed by atoms with Crippen LogP contribution in [-0.2, 0) is 21.4 Å². The molecule has 0 radical (unpaired) electrons. The Bertz CT molecular complexity index is 980. The lowest BCUT2D eigenvalue weighted by molar-refractivity contribution is -0.121. The van der Waals surface area contributed by atoms with Crippen LogP contribution in [0.2, 0.25) is 5.02 Å². The minimum absolute atomic E-state index is 0.0797. The van der Waals surface area contributed by atoms with Crippen molar-refractivity contribution in [3.05, 3.63) is 64.7 Å². The summed E-state index contributed by atoms with van der Waals surface area (Å²) in [4.78, 5) is 12.4. The van der Waals surface area contributed by atoms with Crippen molar-refractivity contribution in [3.63, 3.8) is 0 Å². The summed E-state index contributed by atoms with van der Waals surface area (Å²) < 4.78 is 27.1. The van der Waals surface area contributed by atoms with Crippen molar-refractivity contribution in [3.8, 4) is 6.07 Å². The number of sulfonamides is 1. The standard InChI is InChI=1S/C19H18ClN3O3S/c20-16-3-1-2-15(10-16)12-22-19(24)13-23(17-6-7-17)27(25,26)18-8-4-14(11-21)5-9-18/h1-5,8-10,17H,6-7,12-13H2,(H,22,24). The molecule has 1 saturated carbocycles. The molecule has 0 aromatic heterocycles. The zero-order valence-electron chi connectivity index (χ0n) is 14.4. The highest BCUT2D eigenvalue weighted by Gasteiger charge is 2.39. The number of nitrogens with one attached hydrogen (secondary N) is 1. The normalized spacial score (nSPS) is 14.0. The zero-order chi connectivity index (χ0) is 19.4. The Balaban J connectivity index is 1.69. The van der Waals surface area contributed by atoms with Crippen LogP contribution in [0.5, 0.6) is 0 Å². The molecule has 0 atom stereocenters. The van der Waals surface area contributed by atoms with E-state index >= 15 is 0 Å². The Morgan fingerprint density at radius 2 is 1.93 bits per heavy atom. The van der Waals surface area contributed by atoms with E-state index < -0.39 is 10.0 Å². The van der Waals surface area contributed by atoms with Crippen LogP contribution < -0.4 is 5.32 Å². The predicted octanol–water partition coefficient (Wildman–Crippen LogP) is 2.68. The fraction of sp³-hybridized carbons (Fsp3) is 0.263. The first kappa shape index (κ1) is 19.4.